The summed E-state index contributed by atoms with van der Waals surface area (Å²) in [7, 11) is 1.67. The summed E-state index contributed by atoms with van der Waals surface area (Å²) in [5.41, 5.74) is 4.48. The van der Waals surface area contributed by atoms with Crippen LogP contribution in [0.3, 0.4) is 0 Å². The number of hydrogen-bond acceptors (Lipinski definition) is 4. The molecule has 2 heterocycles. The fraction of sp³-hybridized carbons (Fsp3) is 0.219. The van der Waals surface area contributed by atoms with Gasteiger partial charge in [-0.25, -0.2) is 0 Å². The van der Waals surface area contributed by atoms with Gasteiger partial charge in [0.2, 0.25) is 5.91 Å². The molecule has 0 saturated carbocycles. The van der Waals surface area contributed by atoms with E-state index >= 15 is 0 Å². The zero-order chi connectivity index (χ0) is 26.3. The minimum absolute atomic E-state index is 0.0349. The molecule has 1 amide bonds. The van der Waals surface area contributed by atoms with Crippen molar-refractivity contribution in [1.29, 1.82) is 0 Å². The van der Waals surface area contributed by atoms with E-state index in [1.54, 1.807) is 13.4 Å². The number of aromatic nitrogens is 1. The molecule has 0 radical (unpaired) electrons. The van der Waals surface area contributed by atoms with Gasteiger partial charge in [0, 0.05) is 36.0 Å². The lowest BCUT2D eigenvalue weighted by Gasteiger charge is -2.18. The fourth-order valence-electron chi connectivity index (χ4n) is 4.84. The first kappa shape index (κ1) is 25.2. The molecule has 0 aliphatic rings. The van der Waals surface area contributed by atoms with Gasteiger partial charge in [-0.2, -0.15) is 0 Å². The van der Waals surface area contributed by atoms with Crippen molar-refractivity contribution in [2.45, 2.75) is 32.4 Å². The maximum Gasteiger partial charge on any atom is 0.221 e. The van der Waals surface area contributed by atoms with Crippen LogP contribution in [0.25, 0.3) is 10.9 Å². The molecule has 0 spiro atoms. The van der Waals surface area contributed by atoms with Gasteiger partial charge in [-0.15, -0.1) is 0 Å². The monoisotopic (exact) mass is 508 g/mol. The summed E-state index contributed by atoms with van der Waals surface area (Å²) in [6, 6.07) is 28.3. The predicted molar refractivity (Wildman–Crippen MR) is 149 cm³/mol. The second kappa shape index (κ2) is 11.7. The molecule has 5 aromatic rings. The number of amides is 1. The van der Waals surface area contributed by atoms with Crippen molar-refractivity contribution < 1.29 is 18.7 Å². The molecule has 0 aliphatic heterocycles. The highest BCUT2D eigenvalue weighted by Crippen LogP contribution is 2.36. The molecule has 38 heavy (non-hydrogen) atoms. The zero-order valence-electron chi connectivity index (χ0n) is 21.7. The second-order valence-electron chi connectivity index (χ2n) is 9.19. The van der Waals surface area contributed by atoms with Gasteiger partial charge in [0.15, 0.2) is 0 Å². The average molecular weight is 509 g/mol. The van der Waals surface area contributed by atoms with E-state index in [1.807, 2.05) is 43.3 Å². The summed E-state index contributed by atoms with van der Waals surface area (Å²) in [5, 5.41) is 4.15. The summed E-state index contributed by atoms with van der Waals surface area (Å²) < 4.78 is 18.6. The number of rotatable bonds is 11. The van der Waals surface area contributed by atoms with E-state index in [-0.39, 0.29) is 11.8 Å². The molecule has 1 atom stereocenters. The molecule has 0 unspecified atom stereocenters. The molecular weight excluding hydrogens is 476 g/mol. The first-order valence-corrected chi connectivity index (χ1v) is 12.9. The third kappa shape index (κ3) is 5.75. The number of carbonyl (C=O) groups is 1. The molecule has 0 aliphatic carbocycles. The van der Waals surface area contributed by atoms with Crippen LogP contribution in [-0.4, -0.2) is 24.2 Å². The molecule has 6 heteroatoms. The number of para-hydroxylation sites is 1. The number of nitrogens with zero attached hydrogens (tertiary/aromatic N) is 1. The number of ether oxygens (including phenoxy) is 2. The standard InChI is InChI=1S/C32H32N2O4/c1-3-37-26-16-12-24(13-17-26)29(19-32(35)33-20-27-7-6-18-38-27)30-22-34(31-9-5-4-8-28(30)31)21-23-10-14-25(36-2)15-11-23/h4-18,22,29H,3,19-21H2,1-2H3,(H,33,35)/t29-/m1/s1. The van der Waals surface area contributed by atoms with Crippen molar-refractivity contribution in [2.24, 2.45) is 0 Å². The Balaban J connectivity index is 1.49. The van der Waals surface area contributed by atoms with E-state index in [4.69, 9.17) is 13.9 Å². The highest BCUT2D eigenvalue weighted by atomic mass is 16.5. The van der Waals surface area contributed by atoms with Gasteiger partial charge < -0.3 is 23.8 Å². The van der Waals surface area contributed by atoms with Gasteiger partial charge in [-0.1, -0.05) is 42.5 Å². The molecule has 5 rings (SSSR count). The van der Waals surface area contributed by atoms with Crippen LogP contribution in [0.5, 0.6) is 11.5 Å². The minimum Gasteiger partial charge on any atom is -0.497 e. The van der Waals surface area contributed by atoms with E-state index in [1.165, 1.54) is 5.56 Å². The molecule has 2 aromatic heterocycles. The molecule has 1 N–H and O–H groups in total. The molecule has 194 valence electrons. The van der Waals surface area contributed by atoms with Crippen LogP contribution < -0.4 is 14.8 Å². The molecule has 3 aromatic carbocycles. The lowest BCUT2D eigenvalue weighted by atomic mass is 9.88. The first-order chi connectivity index (χ1) is 18.6. The van der Waals surface area contributed by atoms with Crippen molar-refractivity contribution in [3.63, 3.8) is 0 Å². The van der Waals surface area contributed by atoms with Crippen molar-refractivity contribution in [1.82, 2.24) is 9.88 Å². The average Bonchev–Trinajstić information content (AvgIpc) is 3.60. The summed E-state index contributed by atoms with van der Waals surface area (Å²) in [6.07, 6.45) is 4.11. The third-order valence-corrected chi connectivity index (χ3v) is 6.73. The topological polar surface area (TPSA) is 65.6 Å². The number of benzene rings is 3. The molecule has 6 nitrogen and oxygen atoms in total. The van der Waals surface area contributed by atoms with E-state index in [0.717, 1.165) is 39.3 Å². The SMILES string of the molecule is CCOc1ccc([C@@H](CC(=O)NCc2ccco2)c2cn(Cc3ccc(OC)cc3)c3ccccc23)cc1. The van der Waals surface area contributed by atoms with Crippen LogP contribution >= 0.6 is 0 Å². The molecule has 0 bridgehead atoms. The summed E-state index contributed by atoms with van der Waals surface area (Å²) in [6.45, 7) is 3.65. The predicted octanol–water partition coefficient (Wildman–Crippen LogP) is 6.53. The number of furan rings is 1. The summed E-state index contributed by atoms with van der Waals surface area (Å²) >= 11 is 0. The quantitative estimate of drug-likeness (QED) is 0.220. The van der Waals surface area contributed by atoms with Gasteiger partial charge in [0.1, 0.15) is 17.3 Å². The largest absolute Gasteiger partial charge is 0.497 e. The van der Waals surface area contributed by atoms with Gasteiger partial charge in [0.25, 0.3) is 0 Å². The van der Waals surface area contributed by atoms with Gasteiger partial charge in [-0.05, 0) is 66.1 Å². The van der Waals surface area contributed by atoms with Crippen LogP contribution in [0.1, 0.15) is 41.7 Å². The van der Waals surface area contributed by atoms with Crippen molar-refractivity contribution in [3.8, 4) is 11.5 Å². The van der Waals surface area contributed by atoms with Crippen LogP contribution in [-0.2, 0) is 17.9 Å². The normalized spacial score (nSPS) is 11.8. The van der Waals surface area contributed by atoms with E-state index in [2.05, 4.69) is 64.6 Å². The maximum atomic E-state index is 13.2. The van der Waals surface area contributed by atoms with Crippen LogP contribution in [0.2, 0.25) is 0 Å². The van der Waals surface area contributed by atoms with Crippen molar-refractivity contribution in [3.05, 3.63) is 120 Å². The van der Waals surface area contributed by atoms with Crippen LogP contribution in [0.15, 0.2) is 102 Å². The molecule has 0 saturated heterocycles. The Labute approximate surface area is 222 Å². The Hall–Kier alpha value is -4.45. The number of fused-ring (bicyclic) bond motifs is 1. The zero-order valence-corrected chi connectivity index (χ0v) is 21.7. The molecule has 0 fully saturated rings. The summed E-state index contributed by atoms with van der Waals surface area (Å²) in [4.78, 5) is 13.2. The highest BCUT2D eigenvalue weighted by Gasteiger charge is 2.23. The van der Waals surface area contributed by atoms with Gasteiger partial charge in [-0.3, -0.25) is 4.79 Å². The molecular formula is C32H32N2O4. The highest BCUT2D eigenvalue weighted by molar-refractivity contribution is 5.86. The van der Waals surface area contributed by atoms with Gasteiger partial charge in [0.05, 0.1) is 26.5 Å². The fourth-order valence-corrected chi connectivity index (χ4v) is 4.84. The number of carbonyl (C=O) groups excluding carboxylic acids is 1. The van der Waals surface area contributed by atoms with Crippen molar-refractivity contribution >= 4 is 16.8 Å². The minimum atomic E-state index is -0.135. The van der Waals surface area contributed by atoms with E-state index in [0.29, 0.717) is 26.1 Å². The summed E-state index contributed by atoms with van der Waals surface area (Å²) in [5.74, 6) is 2.21. The van der Waals surface area contributed by atoms with Crippen LogP contribution in [0, 0.1) is 0 Å². The number of nitrogens with one attached hydrogen (secondary N) is 1. The lowest BCUT2D eigenvalue weighted by Crippen LogP contribution is -2.24. The lowest BCUT2D eigenvalue weighted by molar-refractivity contribution is -0.121. The Bertz CT molecular complexity index is 1470. The Kier molecular flexibility index (Phi) is 7.78. The number of hydrogen-bond donors (Lipinski definition) is 1. The Morgan fingerprint density at radius 1 is 0.947 bits per heavy atom. The van der Waals surface area contributed by atoms with E-state index < -0.39 is 0 Å². The van der Waals surface area contributed by atoms with Gasteiger partial charge >= 0.3 is 0 Å². The first-order valence-electron chi connectivity index (χ1n) is 12.9. The second-order valence-corrected chi connectivity index (χ2v) is 9.19. The number of methoxy groups -OCH3 is 1. The maximum absolute atomic E-state index is 13.2. The Morgan fingerprint density at radius 3 is 2.42 bits per heavy atom. The third-order valence-electron chi connectivity index (χ3n) is 6.73. The smallest absolute Gasteiger partial charge is 0.221 e. The Morgan fingerprint density at radius 2 is 1.71 bits per heavy atom. The van der Waals surface area contributed by atoms with Crippen molar-refractivity contribution in [2.75, 3.05) is 13.7 Å². The van der Waals surface area contributed by atoms with E-state index in [9.17, 15) is 4.79 Å². The van der Waals surface area contributed by atoms with Crippen LogP contribution in [0.4, 0.5) is 0 Å².